The Morgan fingerprint density at radius 1 is 1.24 bits per heavy atom. The second-order valence-corrected chi connectivity index (χ2v) is 6.17. The van der Waals surface area contributed by atoms with E-state index in [1.54, 1.807) is 0 Å². The summed E-state index contributed by atoms with van der Waals surface area (Å²) in [5, 5.41) is 0. The van der Waals surface area contributed by atoms with E-state index in [0.717, 1.165) is 41.5 Å². The van der Waals surface area contributed by atoms with Crippen LogP contribution in [-0.4, -0.2) is 37.0 Å². The number of hydrogen-bond donors (Lipinski definition) is 0. The average Bonchev–Trinajstić information content (AvgIpc) is 3.00. The minimum Gasteiger partial charge on any atom is -0.469 e. The lowest BCUT2D eigenvalue weighted by atomic mass is 10.00. The van der Waals surface area contributed by atoms with Crippen LogP contribution < -0.4 is 0 Å². The number of aryl methyl sites for hydroxylation is 1. The highest BCUT2D eigenvalue weighted by molar-refractivity contribution is 9.10. The summed E-state index contributed by atoms with van der Waals surface area (Å²) in [6.45, 7) is 1.73. The fraction of sp³-hybridized carbons (Fsp3) is 0.500. The van der Waals surface area contributed by atoms with E-state index in [1.165, 1.54) is 7.11 Å². The van der Waals surface area contributed by atoms with Gasteiger partial charge >= 0.3 is 5.97 Å². The molecule has 1 aromatic carbocycles. The fourth-order valence-corrected chi connectivity index (χ4v) is 2.99. The molecular formula is C16H20BrNO3. The van der Waals surface area contributed by atoms with Crippen molar-refractivity contribution in [3.63, 3.8) is 0 Å². The van der Waals surface area contributed by atoms with E-state index in [-0.39, 0.29) is 11.9 Å². The van der Waals surface area contributed by atoms with Gasteiger partial charge in [0.15, 0.2) is 0 Å². The van der Waals surface area contributed by atoms with Crippen LogP contribution in [0.2, 0.25) is 0 Å². The van der Waals surface area contributed by atoms with Crippen LogP contribution in [0.3, 0.4) is 0 Å². The number of methoxy groups -OCH3 is 1. The molecule has 2 rings (SSSR count). The van der Waals surface area contributed by atoms with E-state index in [0.29, 0.717) is 19.3 Å². The molecule has 1 saturated heterocycles. The van der Waals surface area contributed by atoms with Crippen LogP contribution in [0.1, 0.15) is 30.4 Å². The van der Waals surface area contributed by atoms with Crippen LogP contribution in [0.5, 0.6) is 0 Å². The summed E-state index contributed by atoms with van der Waals surface area (Å²) < 4.78 is 5.63. The third-order valence-corrected chi connectivity index (χ3v) is 4.29. The van der Waals surface area contributed by atoms with Gasteiger partial charge in [0.2, 0.25) is 5.91 Å². The Morgan fingerprint density at radius 2 is 1.95 bits per heavy atom. The molecule has 0 unspecified atom stereocenters. The van der Waals surface area contributed by atoms with E-state index >= 15 is 0 Å². The third-order valence-electron chi connectivity index (χ3n) is 3.79. The van der Waals surface area contributed by atoms with Crippen molar-refractivity contribution in [2.45, 2.75) is 32.1 Å². The summed E-state index contributed by atoms with van der Waals surface area (Å²) in [6.07, 6.45) is 3.53. The zero-order valence-electron chi connectivity index (χ0n) is 12.2. The second kappa shape index (κ2) is 7.59. The summed E-state index contributed by atoms with van der Waals surface area (Å²) >= 11 is 3.45. The predicted octanol–water partition coefficient (Wildman–Crippen LogP) is 2.72. The van der Waals surface area contributed by atoms with Crippen molar-refractivity contribution in [2.75, 3.05) is 20.2 Å². The summed E-state index contributed by atoms with van der Waals surface area (Å²) in [5.41, 5.74) is 2.03. The number of carbonyl (C=O) groups is 2. The Balaban J connectivity index is 2.07. The van der Waals surface area contributed by atoms with Crippen molar-refractivity contribution < 1.29 is 14.3 Å². The summed E-state index contributed by atoms with van der Waals surface area (Å²) in [7, 11) is 1.39. The topological polar surface area (TPSA) is 46.6 Å². The molecule has 0 saturated carbocycles. The van der Waals surface area contributed by atoms with Gasteiger partial charge in [-0.25, -0.2) is 0 Å². The molecule has 1 aliphatic heterocycles. The number of amides is 1. The quantitative estimate of drug-likeness (QED) is 0.764. The Hall–Kier alpha value is -1.36. The zero-order valence-corrected chi connectivity index (χ0v) is 13.8. The minimum atomic E-state index is -0.227. The lowest BCUT2D eigenvalue weighted by Gasteiger charge is -2.17. The molecular weight excluding hydrogens is 334 g/mol. The number of rotatable bonds is 5. The molecule has 114 valence electrons. The highest BCUT2D eigenvalue weighted by atomic mass is 79.9. The number of nitrogens with zero attached hydrogens (tertiary/aromatic N) is 1. The van der Waals surface area contributed by atoms with Crippen LogP contribution in [-0.2, 0) is 27.2 Å². The van der Waals surface area contributed by atoms with Gasteiger partial charge in [0.05, 0.1) is 13.5 Å². The first kappa shape index (κ1) is 16.0. The van der Waals surface area contributed by atoms with Gasteiger partial charge in [0.25, 0.3) is 0 Å². The monoisotopic (exact) mass is 353 g/mol. The number of esters is 1. The molecule has 0 radical (unpaired) electrons. The summed E-state index contributed by atoms with van der Waals surface area (Å²) in [4.78, 5) is 25.5. The van der Waals surface area contributed by atoms with Gasteiger partial charge < -0.3 is 9.64 Å². The molecule has 21 heavy (non-hydrogen) atoms. The molecule has 1 aromatic rings. The molecule has 1 aliphatic rings. The molecule has 0 N–H and O–H groups in total. The minimum absolute atomic E-state index is 0.171. The van der Waals surface area contributed by atoms with Crippen molar-refractivity contribution in [1.29, 1.82) is 0 Å². The second-order valence-electron chi connectivity index (χ2n) is 5.25. The predicted molar refractivity (Wildman–Crippen MR) is 84.0 cm³/mol. The Labute approximate surface area is 133 Å². The lowest BCUT2D eigenvalue weighted by Crippen LogP contribution is -2.29. The van der Waals surface area contributed by atoms with E-state index in [2.05, 4.69) is 20.7 Å². The molecule has 1 heterocycles. The van der Waals surface area contributed by atoms with Crippen molar-refractivity contribution in [2.24, 2.45) is 0 Å². The number of carbonyl (C=O) groups excluding carboxylic acids is 2. The first-order chi connectivity index (χ1) is 10.1. The van der Waals surface area contributed by atoms with Gasteiger partial charge in [0, 0.05) is 24.0 Å². The maximum absolute atomic E-state index is 12.3. The van der Waals surface area contributed by atoms with Gasteiger partial charge in [-0.3, -0.25) is 9.59 Å². The Morgan fingerprint density at radius 3 is 2.62 bits per heavy atom. The van der Waals surface area contributed by atoms with Crippen molar-refractivity contribution in [1.82, 2.24) is 4.90 Å². The number of hydrogen-bond acceptors (Lipinski definition) is 3. The van der Waals surface area contributed by atoms with Gasteiger partial charge in [-0.1, -0.05) is 22.0 Å². The molecule has 0 bridgehead atoms. The molecule has 1 amide bonds. The van der Waals surface area contributed by atoms with Gasteiger partial charge in [-0.15, -0.1) is 0 Å². The Bertz CT molecular complexity index is 524. The average molecular weight is 354 g/mol. The number of benzene rings is 1. The van der Waals surface area contributed by atoms with Gasteiger partial charge in [0.1, 0.15) is 0 Å². The van der Waals surface area contributed by atoms with Crippen LogP contribution in [0.25, 0.3) is 0 Å². The van der Waals surface area contributed by atoms with Gasteiger partial charge in [-0.2, -0.15) is 0 Å². The highest BCUT2D eigenvalue weighted by Crippen LogP contribution is 2.20. The fourth-order valence-electron chi connectivity index (χ4n) is 2.58. The smallest absolute Gasteiger partial charge is 0.305 e. The molecule has 0 atom stereocenters. The van der Waals surface area contributed by atoms with E-state index in [4.69, 9.17) is 0 Å². The van der Waals surface area contributed by atoms with Crippen LogP contribution in [0.4, 0.5) is 0 Å². The molecule has 4 nitrogen and oxygen atoms in total. The number of halogens is 1. The molecule has 0 aromatic heterocycles. The van der Waals surface area contributed by atoms with Gasteiger partial charge in [-0.05, 0) is 42.5 Å². The zero-order chi connectivity index (χ0) is 15.2. The maximum atomic E-state index is 12.3. The van der Waals surface area contributed by atoms with E-state index in [1.807, 2.05) is 23.1 Å². The van der Waals surface area contributed by atoms with Crippen LogP contribution in [0, 0.1) is 0 Å². The Kier molecular flexibility index (Phi) is 5.79. The molecule has 0 spiro atoms. The van der Waals surface area contributed by atoms with Crippen molar-refractivity contribution in [3.8, 4) is 0 Å². The molecule has 0 aliphatic carbocycles. The first-order valence-corrected chi connectivity index (χ1v) is 8.01. The summed E-state index contributed by atoms with van der Waals surface area (Å²) in [6, 6.07) is 5.89. The standard InChI is InChI=1S/C16H20BrNO3/c1-21-16(20)7-5-12-4-6-14(17)10-13(12)11-15(19)18-8-2-3-9-18/h4,6,10H,2-3,5,7-9,11H2,1H3. The number of likely N-dealkylation sites (tertiary alicyclic amines) is 1. The molecule has 5 heteroatoms. The molecule has 1 fully saturated rings. The van der Waals surface area contributed by atoms with Crippen molar-refractivity contribution in [3.05, 3.63) is 33.8 Å². The highest BCUT2D eigenvalue weighted by Gasteiger charge is 2.19. The van der Waals surface area contributed by atoms with Crippen LogP contribution >= 0.6 is 15.9 Å². The largest absolute Gasteiger partial charge is 0.469 e. The SMILES string of the molecule is COC(=O)CCc1ccc(Br)cc1CC(=O)N1CCCC1. The first-order valence-electron chi connectivity index (χ1n) is 7.22. The number of ether oxygens (including phenoxy) is 1. The van der Waals surface area contributed by atoms with E-state index in [9.17, 15) is 9.59 Å². The van der Waals surface area contributed by atoms with Crippen molar-refractivity contribution >= 4 is 27.8 Å². The third kappa shape index (κ3) is 4.56. The summed E-state index contributed by atoms with van der Waals surface area (Å²) in [5.74, 6) is -0.0559. The van der Waals surface area contributed by atoms with E-state index < -0.39 is 0 Å². The lowest BCUT2D eigenvalue weighted by molar-refractivity contribution is -0.140. The maximum Gasteiger partial charge on any atom is 0.305 e. The van der Waals surface area contributed by atoms with Crippen LogP contribution in [0.15, 0.2) is 22.7 Å². The normalized spacial score (nSPS) is 14.3.